The summed E-state index contributed by atoms with van der Waals surface area (Å²) in [5.41, 5.74) is -0.0926. The number of sulfonamides is 1. The van der Waals surface area contributed by atoms with Crippen LogP contribution >= 0.6 is 0 Å². The lowest BCUT2D eigenvalue weighted by molar-refractivity contribution is -0.122. The van der Waals surface area contributed by atoms with E-state index in [4.69, 9.17) is 5.11 Å². The highest BCUT2D eigenvalue weighted by atomic mass is 32.2. The summed E-state index contributed by atoms with van der Waals surface area (Å²) in [5.74, 6) is -1.56. The van der Waals surface area contributed by atoms with Crippen molar-refractivity contribution in [3.05, 3.63) is 18.0 Å². The van der Waals surface area contributed by atoms with Crippen LogP contribution in [0.1, 0.15) is 30.4 Å². The van der Waals surface area contributed by atoms with Crippen molar-refractivity contribution in [2.24, 2.45) is 0 Å². The molecule has 0 aliphatic carbocycles. The van der Waals surface area contributed by atoms with Crippen LogP contribution < -0.4 is 5.32 Å². The molecule has 1 aromatic heterocycles. The van der Waals surface area contributed by atoms with E-state index in [2.05, 4.69) is 5.32 Å². The monoisotopic (exact) mass is 315 g/mol. The molecular weight excluding hydrogens is 298 g/mol. The third-order valence-electron chi connectivity index (χ3n) is 3.24. The second-order valence-corrected chi connectivity index (χ2v) is 6.99. The lowest BCUT2D eigenvalue weighted by atomic mass is 10.3. The number of carbonyl (C=O) groups is 2. The van der Waals surface area contributed by atoms with Gasteiger partial charge in [-0.05, 0) is 19.9 Å². The van der Waals surface area contributed by atoms with Crippen molar-refractivity contribution < 1.29 is 23.1 Å². The molecule has 116 valence electrons. The van der Waals surface area contributed by atoms with E-state index in [0.717, 1.165) is 10.4 Å². The van der Waals surface area contributed by atoms with Gasteiger partial charge >= 0.3 is 5.97 Å². The molecule has 0 aromatic carbocycles. The number of hydrogen-bond donors (Lipinski definition) is 2. The van der Waals surface area contributed by atoms with Crippen molar-refractivity contribution in [3.63, 3.8) is 0 Å². The fourth-order valence-corrected chi connectivity index (χ4v) is 3.59. The number of carboxylic acids is 1. The maximum absolute atomic E-state index is 12.5. The van der Waals surface area contributed by atoms with E-state index in [-0.39, 0.29) is 42.2 Å². The standard InChI is InChI=1S/C12H17N3O5S/c1-8(2)15-6-9(5-10(15)12(17)18)21(19,20)14-4-3-13-11(16)7-14/h5-6,8H,3-4,7H2,1-2H3,(H,13,16)(H,17,18). The number of amides is 1. The minimum atomic E-state index is -3.88. The Hall–Kier alpha value is -1.87. The molecular formula is C12H17N3O5S. The molecule has 2 N–H and O–H groups in total. The Bertz CT molecular complexity index is 677. The summed E-state index contributed by atoms with van der Waals surface area (Å²) in [6.07, 6.45) is 1.30. The third-order valence-corrected chi connectivity index (χ3v) is 5.05. The molecule has 0 atom stereocenters. The summed E-state index contributed by atoms with van der Waals surface area (Å²) < 4.78 is 27.4. The van der Waals surface area contributed by atoms with Crippen LogP contribution in [0.5, 0.6) is 0 Å². The van der Waals surface area contributed by atoms with E-state index in [0.29, 0.717) is 0 Å². The van der Waals surface area contributed by atoms with Gasteiger partial charge in [-0.1, -0.05) is 0 Å². The molecule has 1 aromatic rings. The Balaban J connectivity index is 2.43. The Morgan fingerprint density at radius 2 is 2.10 bits per heavy atom. The maximum atomic E-state index is 12.5. The molecule has 1 saturated heterocycles. The predicted molar refractivity (Wildman–Crippen MR) is 73.5 cm³/mol. The maximum Gasteiger partial charge on any atom is 0.352 e. The van der Waals surface area contributed by atoms with Crippen LogP contribution in [-0.4, -0.2) is 53.9 Å². The first-order valence-electron chi connectivity index (χ1n) is 6.45. The molecule has 0 unspecified atom stereocenters. The number of aromatic nitrogens is 1. The molecule has 9 heteroatoms. The van der Waals surface area contributed by atoms with Gasteiger partial charge in [-0.3, -0.25) is 4.79 Å². The van der Waals surface area contributed by atoms with Gasteiger partial charge in [0, 0.05) is 25.3 Å². The summed E-state index contributed by atoms with van der Waals surface area (Å²) in [6.45, 7) is 3.68. The van der Waals surface area contributed by atoms with Gasteiger partial charge in [0.2, 0.25) is 15.9 Å². The molecule has 1 fully saturated rings. The van der Waals surface area contributed by atoms with Gasteiger partial charge in [-0.15, -0.1) is 0 Å². The summed E-state index contributed by atoms with van der Waals surface area (Å²) in [7, 11) is -3.88. The highest BCUT2D eigenvalue weighted by molar-refractivity contribution is 7.89. The summed E-state index contributed by atoms with van der Waals surface area (Å²) in [5, 5.41) is 11.7. The Kier molecular flexibility index (Phi) is 4.06. The van der Waals surface area contributed by atoms with Crippen molar-refractivity contribution in [1.29, 1.82) is 0 Å². The van der Waals surface area contributed by atoms with Crippen LogP contribution in [-0.2, 0) is 14.8 Å². The lowest BCUT2D eigenvalue weighted by Gasteiger charge is -2.25. The molecule has 1 aliphatic heterocycles. The number of aromatic carboxylic acids is 1. The summed E-state index contributed by atoms with van der Waals surface area (Å²) >= 11 is 0. The second-order valence-electron chi connectivity index (χ2n) is 5.06. The number of carboxylic acid groups (broad SMARTS) is 1. The highest BCUT2D eigenvalue weighted by Crippen LogP contribution is 2.22. The first-order valence-corrected chi connectivity index (χ1v) is 7.89. The van der Waals surface area contributed by atoms with Gasteiger partial charge < -0.3 is 15.0 Å². The first kappa shape index (κ1) is 15.5. The highest BCUT2D eigenvalue weighted by Gasteiger charge is 2.31. The second kappa shape index (κ2) is 5.49. The summed E-state index contributed by atoms with van der Waals surface area (Å²) in [4.78, 5) is 22.4. The topological polar surface area (TPSA) is 109 Å². The molecule has 8 nitrogen and oxygen atoms in total. The van der Waals surface area contributed by atoms with Gasteiger partial charge in [-0.2, -0.15) is 4.31 Å². The van der Waals surface area contributed by atoms with Crippen LogP contribution in [0.3, 0.4) is 0 Å². The average Bonchev–Trinajstić information content (AvgIpc) is 2.84. The molecule has 2 heterocycles. The van der Waals surface area contributed by atoms with Crippen molar-refractivity contribution in [2.45, 2.75) is 24.8 Å². The number of nitrogens with zero attached hydrogens (tertiary/aromatic N) is 2. The van der Waals surface area contributed by atoms with E-state index >= 15 is 0 Å². The van der Waals surface area contributed by atoms with Crippen molar-refractivity contribution in [1.82, 2.24) is 14.2 Å². The fraction of sp³-hybridized carbons (Fsp3) is 0.500. The minimum Gasteiger partial charge on any atom is -0.477 e. The van der Waals surface area contributed by atoms with Crippen LogP contribution in [0, 0.1) is 0 Å². The van der Waals surface area contributed by atoms with E-state index in [1.165, 1.54) is 10.8 Å². The average molecular weight is 315 g/mol. The molecule has 1 aliphatic rings. The van der Waals surface area contributed by atoms with Crippen molar-refractivity contribution in [2.75, 3.05) is 19.6 Å². The minimum absolute atomic E-state index is 0.0926. The molecule has 0 spiro atoms. The largest absolute Gasteiger partial charge is 0.477 e. The Morgan fingerprint density at radius 1 is 1.43 bits per heavy atom. The zero-order chi connectivity index (χ0) is 15.8. The van der Waals surface area contributed by atoms with Crippen LogP contribution in [0.2, 0.25) is 0 Å². The van der Waals surface area contributed by atoms with Crippen molar-refractivity contribution >= 4 is 21.9 Å². The van der Waals surface area contributed by atoms with Gasteiger partial charge in [0.15, 0.2) is 0 Å². The predicted octanol–water partition coefficient (Wildman–Crippen LogP) is -0.112. The fourth-order valence-electron chi connectivity index (χ4n) is 2.16. The number of nitrogens with one attached hydrogen (secondary N) is 1. The molecule has 0 bridgehead atoms. The number of hydrogen-bond acceptors (Lipinski definition) is 4. The lowest BCUT2D eigenvalue weighted by Crippen LogP contribution is -2.49. The third kappa shape index (κ3) is 2.93. The van der Waals surface area contributed by atoms with Gasteiger partial charge in [0.05, 0.1) is 6.54 Å². The van der Waals surface area contributed by atoms with E-state index in [1.54, 1.807) is 13.8 Å². The van der Waals surface area contributed by atoms with Crippen LogP contribution in [0.15, 0.2) is 17.2 Å². The number of rotatable bonds is 4. The van der Waals surface area contributed by atoms with E-state index in [9.17, 15) is 18.0 Å². The van der Waals surface area contributed by atoms with Gasteiger partial charge in [0.25, 0.3) is 0 Å². The van der Waals surface area contributed by atoms with Crippen LogP contribution in [0.25, 0.3) is 0 Å². The Morgan fingerprint density at radius 3 is 2.57 bits per heavy atom. The smallest absolute Gasteiger partial charge is 0.352 e. The normalized spacial score (nSPS) is 17.0. The molecule has 0 radical (unpaired) electrons. The van der Waals surface area contributed by atoms with E-state index in [1.807, 2.05) is 0 Å². The van der Waals surface area contributed by atoms with Gasteiger partial charge in [0.1, 0.15) is 10.6 Å². The van der Waals surface area contributed by atoms with Crippen molar-refractivity contribution in [3.8, 4) is 0 Å². The molecule has 2 rings (SSSR count). The Labute approximate surface area is 122 Å². The number of carbonyl (C=O) groups excluding carboxylic acids is 1. The zero-order valence-electron chi connectivity index (χ0n) is 11.7. The molecule has 21 heavy (non-hydrogen) atoms. The van der Waals surface area contributed by atoms with E-state index < -0.39 is 16.0 Å². The van der Waals surface area contributed by atoms with Gasteiger partial charge in [-0.25, -0.2) is 13.2 Å². The SMILES string of the molecule is CC(C)n1cc(S(=O)(=O)N2CCNC(=O)C2)cc1C(=O)O. The number of piperazine rings is 1. The molecule has 0 saturated carbocycles. The van der Waals surface area contributed by atoms with Crippen LogP contribution in [0.4, 0.5) is 0 Å². The molecule has 1 amide bonds. The summed E-state index contributed by atoms with van der Waals surface area (Å²) in [6, 6.07) is 0.939. The zero-order valence-corrected chi connectivity index (χ0v) is 12.6. The first-order chi connectivity index (χ1) is 9.73. The quantitative estimate of drug-likeness (QED) is 0.805.